The van der Waals surface area contributed by atoms with Crippen molar-refractivity contribution in [2.45, 2.75) is 29.0 Å². The summed E-state index contributed by atoms with van der Waals surface area (Å²) in [6.45, 7) is 2.23. The highest BCUT2D eigenvalue weighted by molar-refractivity contribution is 7.98. The van der Waals surface area contributed by atoms with E-state index in [1.165, 1.54) is 9.87 Å². The van der Waals surface area contributed by atoms with Crippen LogP contribution in [0.15, 0.2) is 107 Å². The lowest BCUT2D eigenvalue weighted by Crippen LogP contribution is -2.30. The van der Waals surface area contributed by atoms with Gasteiger partial charge in [0, 0.05) is 10.6 Å². The molecule has 0 saturated carbocycles. The summed E-state index contributed by atoms with van der Waals surface area (Å²) in [6, 6.07) is 31.4. The van der Waals surface area contributed by atoms with E-state index in [1.54, 1.807) is 23.9 Å². The Morgan fingerprint density at radius 2 is 1.62 bits per heavy atom. The summed E-state index contributed by atoms with van der Waals surface area (Å²) in [4.78, 5) is 1.35. The molecule has 0 aliphatic carbocycles. The first kappa shape index (κ1) is 22.5. The first-order valence-electron chi connectivity index (χ1n) is 11.2. The lowest BCUT2D eigenvalue weighted by atomic mass is 10.0. The molecule has 3 nitrogen and oxygen atoms in total. The number of hydrogen-bond acceptors (Lipinski definition) is 3. The first-order chi connectivity index (χ1) is 16.5. The Balaban J connectivity index is 1.55. The highest BCUT2D eigenvalue weighted by Gasteiger charge is 2.26. The molecule has 0 unspecified atom stereocenters. The summed E-state index contributed by atoms with van der Waals surface area (Å²) in [5, 5.41) is 0. The number of thioether (sulfide) groups is 1. The summed E-state index contributed by atoms with van der Waals surface area (Å²) in [7, 11) is -3.72. The number of nitrogens with zero attached hydrogens (tertiary/aromatic N) is 1. The van der Waals surface area contributed by atoms with Crippen molar-refractivity contribution in [2.24, 2.45) is 0 Å². The molecule has 1 heterocycles. The number of aryl methyl sites for hydroxylation is 1. The fourth-order valence-electron chi connectivity index (χ4n) is 4.00. The molecule has 0 amide bonds. The van der Waals surface area contributed by atoms with Gasteiger partial charge in [-0.15, -0.1) is 11.8 Å². The van der Waals surface area contributed by atoms with Crippen LogP contribution in [-0.2, 0) is 22.3 Å². The van der Waals surface area contributed by atoms with Gasteiger partial charge in [0.2, 0.25) is 0 Å². The second-order valence-electron chi connectivity index (χ2n) is 8.39. The Hall–Kier alpha value is -3.28. The van der Waals surface area contributed by atoms with Gasteiger partial charge in [0.1, 0.15) is 0 Å². The van der Waals surface area contributed by atoms with Crippen molar-refractivity contribution in [3.63, 3.8) is 0 Å². The number of rotatable bonds is 4. The van der Waals surface area contributed by atoms with Crippen LogP contribution in [0.5, 0.6) is 0 Å². The third-order valence-corrected chi connectivity index (χ3v) is 8.73. The minimum Gasteiger partial charge on any atom is -0.262 e. The molecule has 5 rings (SSSR count). The van der Waals surface area contributed by atoms with Gasteiger partial charge in [-0.1, -0.05) is 84.4 Å². The molecule has 1 aliphatic rings. The predicted molar refractivity (Wildman–Crippen MR) is 142 cm³/mol. The number of anilines is 1. The summed E-state index contributed by atoms with van der Waals surface area (Å²) < 4.78 is 28.9. The molecule has 0 fully saturated rings. The fourth-order valence-corrected chi connectivity index (χ4v) is 6.40. The minimum atomic E-state index is -3.72. The highest BCUT2D eigenvalue weighted by Crippen LogP contribution is 2.34. The number of benzene rings is 4. The number of hydrogen-bond donors (Lipinski definition) is 0. The van der Waals surface area contributed by atoms with Gasteiger partial charge in [0.25, 0.3) is 10.0 Å². The van der Waals surface area contributed by atoms with Gasteiger partial charge in [0.15, 0.2) is 0 Å². The summed E-state index contributed by atoms with van der Waals surface area (Å²) >= 11 is 1.72. The summed E-state index contributed by atoms with van der Waals surface area (Å²) in [6.07, 6.45) is 4.25. The van der Waals surface area contributed by atoms with Crippen molar-refractivity contribution in [3.8, 4) is 0 Å². The predicted octanol–water partition coefficient (Wildman–Crippen LogP) is 7.17. The molecule has 0 saturated heterocycles. The third kappa shape index (κ3) is 4.81. The van der Waals surface area contributed by atoms with Crippen LogP contribution >= 0.6 is 11.8 Å². The molecule has 4 aromatic rings. The van der Waals surface area contributed by atoms with Crippen molar-refractivity contribution in [1.29, 1.82) is 0 Å². The Morgan fingerprint density at radius 1 is 0.824 bits per heavy atom. The Labute approximate surface area is 205 Å². The first-order valence-corrected chi connectivity index (χ1v) is 13.6. The van der Waals surface area contributed by atoms with E-state index in [0.29, 0.717) is 10.6 Å². The van der Waals surface area contributed by atoms with Gasteiger partial charge in [0.05, 0.1) is 17.1 Å². The Bertz CT molecular complexity index is 1440. The zero-order valence-electron chi connectivity index (χ0n) is 18.9. The molecular weight excluding hydrogens is 458 g/mol. The average Bonchev–Trinajstić information content (AvgIpc) is 2.86. The third-order valence-electron chi connectivity index (χ3n) is 5.90. The van der Waals surface area contributed by atoms with E-state index < -0.39 is 10.0 Å². The standard InChI is InChI=1S/C29H25NO2S2/c1-22-10-16-29(17-11-22)34(31,32)30-20-24-13-15-25(14-12-23-6-3-2-4-7-23)26(18-24)21-33-28-9-5-8-27(30)19-28/h2-19H,20-21H2,1H3/b14-12+. The molecule has 4 bridgehead atoms. The van der Waals surface area contributed by atoms with Crippen molar-refractivity contribution >= 4 is 39.6 Å². The molecule has 4 aromatic carbocycles. The maximum Gasteiger partial charge on any atom is 0.264 e. The molecule has 170 valence electrons. The zero-order valence-corrected chi connectivity index (χ0v) is 20.5. The zero-order chi connectivity index (χ0) is 23.5. The monoisotopic (exact) mass is 483 g/mol. The van der Waals surface area contributed by atoms with E-state index in [1.807, 2.05) is 67.6 Å². The molecule has 0 aromatic heterocycles. The smallest absolute Gasteiger partial charge is 0.262 e. The van der Waals surface area contributed by atoms with Gasteiger partial charge < -0.3 is 0 Å². The lowest BCUT2D eigenvalue weighted by molar-refractivity contribution is 0.590. The van der Waals surface area contributed by atoms with Crippen molar-refractivity contribution in [3.05, 3.63) is 125 Å². The van der Waals surface area contributed by atoms with E-state index in [2.05, 4.69) is 36.4 Å². The Morgan fingerprint density at radius 3 is 2.41 bits per heavy atom. The van der Waals surface area contributed by atoms with E-state index in [4.69, 9.17) is 0 Å². The van der Waals surface area contributed by atoms with Crippen molar-refractivity contribution < 1.29 is 8.42 Å². The molecule has 1 aliphatic heterocycles. The highest BCUT2D eigenvalue weighted by atomic mass is 32.2. The molecule has 0 atom stereocenters. The molecule has 0 spiro atoms. The van der Waals surface area contributed by atoms with E-state index >= 15 is 0 Å². The van der Waals surface area contributed by atoms with E-state index in [0.717, 1.165) is 32.9 Å². The van der Waals surface area contributed by atoms with Crippen LogP contribution in [0, 0.1) is 6.92 Å². The normalized spacial score (nSPS) is 13.7. The maximum absolute atomic E-state index is 13.7. The van der Waals surface area contributed by atoms with Crippen LogP contribution in [0.2, 0.25) is 0 Å². The second-order valence-corrected chi connectivity index (χ2v) is 11.3. The molecule has 0 N–H and O–H groups in total. The number of sulfonamides is 1. The van der Waals surface area contributed by atoms with Gasteiger partial charge in [-0.2, -0.15) is 0 Å². The van der Waals surface area contributed by atoms with Gasteiger partial charge >= 0.3 is 0 Å². The van der Waals surface area contributed by atoms with Gasteiger partial charge in [-0.05, 0) is 59.5 Å². The van der Waals surface area contributed by atoms with Crippen LogP contribution in [0.3, 0.4) is 0 Å². The van der Waals surface area contributed by atoms with E-state index in [-0.39, 0.29) is 6.54 Å². The van der Waals surface area contributed by atoms with Gasteiger partial charge in [-0.25, -0.2) is 8.42 Å². The van der Waals surface area contributed by atoms with Crippen LogP contribution in [0.1, 0.15) is 27.8 Å². The van der Waals surface area contributed by atoms with Crippen LogP contribution in [0.4, 0.5) is 5.69 Å². The quantitative estimate of drug-likeness (QED) is 0.289. The topological polar surface area (TPSA) is 37.4 Å². The van der Waals surface area contributed by atoms with E-state index in [9.17, 15) is 8.42 Å². The molecule has 5 heteroatoms. The van der Waals surface area contributed by atoms with Crippen LogP contribution in [0.25, 0.3) is 12.2 Å². The molecule has 34 heavy (non-hydrogen) atoms. The lowest BCUT2D eigenvalue weighted by Gasteiger charge is -2.26. The molecule has 0 radical (unpaired) electrons. The van der Waals surface area contributed by atoms with Crippen molar-refractivity contribution in [2.75, 3.05) is 4.31 Å². The van der Waals surface area contributed by atoms with Gasteiger partial charge in [-0.3, -0.25) is 4.31 Å². The van der Waals surface area contributed by atoms with Crippen molar-refractivity contribution in [1.82, 2.24) is 0 Å². The second kappa shape index (κ2) is 9.53. The summed E-state index contributed by atoms with van der Waals surface area (Å²) in [5.74, 6) is 0.816. The summed E-state index contributed by atoms with van der Waals surface area (Å²) in [5.41, 5.74) is 6.16. The molecular formula is C29H25NO2S2. The van der Waals surface area contributed by atoms with Crippen LogP contribution in [-0.4, -0.2) is 8.42 Å². The average molecular weight is 484 g/mol. The largest absolute Gasteiger partial charge is 0.264 e. The Kier molecular flexibility index (Phi) is 6.31. The van der Waals surface area contributed by atoms with Crippen LogP contribution < -0.4 is 4.31 Å². The maximum atomic E-state index is 13.7. The number of fused-ring (bicyclic) bond motifs is 4. The SMILES string of the molecule is Cc1ccc(S(=O)(=O)N2Cc3ccc(/C=C/c4ccccc4)c(c3)CSc3cccc2c3)cc1. The fraction of sp³-hybridized carbons (Fsp3) is 0.103. The minimum absolute atomic E-state index is 0.278.